The molecule has 8 nitrogen and oxygen atoms in total. The summed E-state index contributed by atoms with van der Waals surface area (Å²) >= 11 is 0. The summed E-state index contributed by atoms with van der Waals surface area (Å²) in [6.45, 7) is 3.81. The van der Waals surface area contributed by atoms with Gasteiger partial charge in [0.1, 0.15) is 11.3 Å². The van der Waals surface area contributed by atoms with Crippen LogP contribution in [0.5, 0.6) is 0 Å². The van der Waals surface area contributed by atoms with Gasteiger partial charge >= 0.3 is 0 Å². The van der Waals surface area contributed by atoms with Crippen molar-refractivity contribution in [1.82, 2.24) is 10.2 Å². The number of nitrogens with one attached hydrogen (secondary N) is 3. The summed E-state index contributed by atoms with van der Waals surface area (Å²) in [6.07, 6.45) is 4.04. The van der Waals surface area contributed by atoms with Gasteiger partial charge < -0.3 is 16.0 Å². The third kappa shape index (κ3) is 3.77. The van der Waals surface area contributed by atoms with E-state index in [0.717, 1.165) is 5.69 Å². The zero-order valence-corrected chi connectivity index (χ0v) is 15.3. The van der Waals surface area contributed by atoms with E-state index in [1.54, 1.807) is 29.3 Å². The molecule has 2 atom stereocenters. The van der Waals surface area contributed by atoms with Crippen LogP contribution in [0.15, 0.2) is 41.5 Å². The van der Waals surface area contributed by atoms with Crippen LogP contribution in [0.3, 0.4) is 0 Å². The monoisotopic (exact) mass is 366 g/mol. The van der Waals surface area contributed by atoms with E-state index in [2.05, 4.69) is 27.0 Å². The van der Waals surface area contributed by atoms with Crippen molar-refractivity contribution >= 4 is 29.0 Å². The molecule has 0 aromatic heterocycles. The summed E-state index contributed by atoms with van der Waals surface area (Å²) < 4.78 is 0. The Bertz CT molecular complexity index is 839. The fraction of sp³-hybridized carbons (Fsp3) is 0.368. The van der Waals surface area contributed by atoms with Crippen LogP contribution >= 0.6 is 0 Å². The van der Waals surface area contributed by atoms with Crippen LogP contribution < -0.4 is 16.0 Å². The summed E-state index contributed by atoms with van der Waals surface area (Å²) in [4.78, 5) is 29.9. The van der Waals surface area contributed by atoms with Gasteiger partial charge in [-0.3, -0.25) is 14.5 Å². The van der Waals surface area contributed by atoms with Crippen molar-refractivity contribution in [3.63, 3.8) is 0 Å². The lowest BCUT2D eigenvalue weighted by Crippen LogP contribution is -2.42. The van der Waals surface area contributed by atoms with Crippen LogP contribution in [0.25, 0.3) is 0 Å². The second-order valence-corrected chi connectivity index (χ2v) is 6.55. The second kappa shape index (κ2) is 7.50. The first-order valence-corrected chi connectivity index (χ1v) is 8.85. The number of carbonyl (C=O) groups is 2. The van der Waals surface area contributed by atoms with E-state index < -0.39 is 11.7 Å². The molecule has 3 rings (SSSR count). The van der Waals surface area contributed by atoms with E-state index in [-0.39, 0.29) is 11.8 Å². The van der Waals surface area contributed by atoms with Gasteiger partial charge in [0.15, 0.2) is 6.29 Å². The Kier molecular flexibility index (Phi) is 5.12. The molecule has 0 saturated carbocycles. The highest BCUT2D eigenvalue weighted by Gasteiger charge is 2.47. The molecule has 1 fully saturated rings. The molecule has 2 aliphatic rings. The number of carbonyl (C=O) groups excluding carboxylic acids is 2. The number of amides is 2. The average molecular weight is 366 g/mol. The summed E-state index contributed by atoms with van der Waals surface area (Å²) in [5.41, 5.74) is 0.584. The Balaban J connectivity index is 1.70. The van der Waals surface area contributed by atoms with Gasteiger partial charge in [0.05, 0.1) is 6.07 Å². The van der Waals surface area contributed by atoms with E-state index in [0.29, 0.717) is 30.9 Å². The molecular formula is C19H22N6O2. The molecular weight excluding hydrogens is 344 g/mol. The normalized spacial score (nSPS) is 24.0. The van der Waals surface area contributed by atoms with E-state index in [1.165, 1.54) is 6.92 Å². The topological polar surface area (TPSA) is 110 Å². The predicted molar refractivity (Wildman–Crippen MR) is 103 cm³/mol. The summed E-state index contributed by atoms with van der Waals surface area (Å²) in [6, 6.07) is 9.43. The standard InChI is InChI=1S/C19H22N6O2/c1-3-19(12-20)9-11-25(17(19)27)16-8-10-21-18(24-16)23-15-6-4-14(5-7-15)22-13(2)26/h4-8,10,18,21,23H,3,9,11H2,1-2H3,(H,22,26). The van der Waals surface area contributed by atoms with Gasteiger partial charge in [0.2, 0.25) is 11.8 Å². The maximum absolute atomic E-state index is 12.7. The van der Waals surface area contributed by atoms with E-state index in [4.69, 9.17) is 0 Å². The molecule has 2 amide bonds. The molecule has 2 unspecified atom stereocenters. The minimum Gasteiger partial charge on any atom is -0.353 e. The first-order chi connectivity index (χ1) is 13.0. The predicted octanol–water partition coefficient (Wildman–Crippen LogP) is 2.01. The maximum atomic E-state index is 12.7. The van der Waals surface area contributed by atoms with E-state index >= 15 is 0 Å². The summed E-state index contributed by atoms with van der Waals surface area (Å²) in [5.74, 6) is 0.229. The minimum atomic E-state index is -0.941. The van der Waals surface area contributed by atoms with Gasteiger partial charge in [-0.2, -0.15) is 5.26 Å². The average Bonchev–Trinajstić information content (AvgIpc) is 3.00. The number of likely N-dealkylation sites (tertiary alicyclic amines) is 1. The molecule has 0 spiro atoms. The zero-order chi connectivity index (χ0) is 19.4. The quantitative estimate of drug-likeness (QED) is 0.755. The number of hydrogen-bond acceptors (Lipinski definition) is 6. The SMILES string of the molecule is CCC1(C#N)CCN(C2=NC(Nc3ccc(NC(C)=O)cc3)NC=C2)C1=O. The number of aliphatic imine (C=N–C) groups is 1. The highest BCUT2D eigenvalue weighted by atomic mass is 16.2. The van der Waals surface area contributed by atoms with Crippen LogP contribution in [0.4, 0.5) is 11.4 Å². The first kappa shape index (κ1) is 18.5. The number of benzene rings is 1. The van der Waals surface area contributed by atoms with Crippen molar-refractivity contribution in [1.29, 1.82) is 5.26 Å². The Morgan fingerprint density at radius 1 is 1.41 bits per heavy atom. The number of hydrogen-bond donors (Lipinski definition) is 3. The molecule has 1 aromatic rings. The van der Waals surface area contributed by atoms with Gasteiger partial charge in [-0.1, -0.05) is 6.92 Å². The van der Waals surface area contributed by atoms with Gasteiger partial charge in [0, 0.05) is 31.0 Å². The van der Waals surface area contributed by atoms with Gasteiger partial charge in [-0.25, -0.2) is 4.99 Å². The number of rotatable bonds is 4. The number of nitriles is 1. The molecule has 0 radical (unpaired) electrons. The maximum Gasteiger partial charge on any atom is 0.248 e. The highest BCUT2D eigenvalue weighted by Crippen LogP contribution is 2.35. The molecule has 0 bridgehead atoms. The van der Waals surface area contributed by atoms with Crippen LogP contribution in [-0.2, 0) is 9.59 Å². The zero-order valence-electron chi connectivity index (χ0n) is 15.3. The van der Waals surface area contributed by atoms with Crippen molar-refractivity contribution in [2.45, 2.75) is 33.0 Å². The summed E-state index contributed by atoms with van der Waals surface area (Å²) in [7, 11) is 0. The Morgan fingerprint density at radius 2 is 2.11 bits per heavy atom. The lowest BCUT2D eigenvalue weighted by molar-refractivity contribution is -0.130. The van der Waals surface area contributed by atoms with Crippen LogP contribution in [0, 0.1) is 16.7 Å². The summed E-state index contributed by atoms with van der Waals surface area (Å²) in [5, 5.41) is 18.4. The van der Waals surface area contributed by atoms with Gasteiger partial charge in [-0.05, 0) is 43.2 Å². The number of amidine groups is 1. The molecule has 1 saturated heterocycles. The van der Waals surface area contributed by atoms with Crippen molar-refractivity contribution in [2.75, 3.05) is 17.2 Å². The first-order valence-electron chi connectivity index (χ1n) is 8.85. The van der Waals surface area contributed by atoms with Crippen molar-refractivity contribution < 1.29 is 9.59 Å². The molecule has 8 heteroatoms. The van der Waals surface area contributed by atoms with E-state index in [1.807, 2.05) is 19.1 Å². The van der Waals surface area contributed by atoms with Crippen molar-refractivity contribution in [3.8, 4) is 6.07 Å². The molecule has 0 aliphatic carbocycles. The molecule has 2 heterocycles. The third-order valence-corrected chi connectivity index (χ3v) is 4.77. The van der Waals surface area contributed by atoms with Crippen LogP contribution in [0.1, 0.15) is 26.7 Å². The molecule has 1 aromatic carbocycles. The van der Waals surface area contributed by atoms with Crippen LogP contribution in [0.2, 0.25) is 0 Å². The van der Waals surface area contributed by atoms with E-state index in [9.17, 15) is 14.9 Å². The third-order valence-electron chi connectivity index (χ3n) is 4.77. The lowest BCUT2D eigenvalue weighted by Gasteiger charge is -2.25. The number of nitrogens with zero attached hydrogens (tertiary/aromatic N) is 3. The smallest absolute Gasteiger partial charge is 0.248 e. The lowest BCUT2D eigenvalue weighted by atomic mass is 9.85. The Labute approximate surface area is 157 Å². The molecule has 27 heavy (non-hydrogen) atoms. The fourth-order valence-electron chi connectivity index (χ4n) is 3.17. The minimum absolute atomic E-state index is 0.125. The highest BCUT2D eigenvalue weighted by molar-refractivity contribution is 6.08. The molecule has 2 aliphatic heterocycles. The van der Waals surface area contributed by atoms with Crippen molar-refractivity contribution in [2.24, 2.45) is 10.4 Å². The van der Waals surface area contributed by atoms with Crippen molar-refractivity contribution in [3.05, 3.63) is 36.5 Å². The Hall–Kier alpha value is -3.34. The molecule has 140 valence electrons. The second-order valence-electron chi connectivity index (χ2n) is 6.55. The number of anilines is 2. The van der Waals surface area contributed by atoms with Gasteiger partial charge in [0.25, 0.3) is 0 Å². The fourth-order valence-corrected chi connectivity index (χ4v) is 3.17. The molecule has 3 N–H and O–H groups in total. The van der Waals surface area contributed by atoms with Gasteiger partial charge in [-0.15, -0.1) is 0 Å². The largest absolute Gasteiger partial charge is 0.353 e. The Morgan fingerprint density at radius 3 is 2.70 bits per heavy atom. The van der Waals surface area contributed by atoms with Crippen LogP contribution in [-0.4, -0.2) is 35.4 Å².